The van der Waals surface area contributed by atoms with Crippen molar-refractivity contribution in [3.05, 3.63) is 38.4 Å². The molecule has 148 valence electrons. The number of aliphatic hydroxyl groups is 2. The summed E-state index contributed by atoms with van der Waals surface area (Å²) in [5, 5.41) is 20.2. The fourth-order valence-electron chi connectivity index (χ4n) is 2.74. The van der Waals surface area contributed by atoms with Crippen molar-refractivity contribution in [3.63, 3.8) is 0 Å². The van der Waals surface area contributed by atoms with Gasteiger partial charge in [0.2, 0.25) is 0 Å². The summed E-state index contributed by atoms with van der Waals surface area (Å²) in [7, 11) is -4.84. The van der Waals surface area contributed by atoms with Crippen LogP contribution in [-0.2, 0) is 13.8 Å². The third-order valence-electron chi connectivity index (χ3n) is 4.13. The molecule has 0 aromatic carbocycles. The van der Waals surface area contributed by atoms with E-state index < -0.39 is 56.0 Å². The number of pyridine rings is 1. The van der Waals surface area contributed by atoms with Crippen LogP contribution in [0.3, 0.4) is 0 Å². The number of halogens is 1. The van der Waals surface area contributed by atoms with Gasteiger partial charge in [-0.25, -0.2) is 13.8 Å². The van der Waals surface area contributed by atoms with Crippen LogP contribution < -0.4 is 11.2 Å². The maximum absolute atomic E-state index is 13.8. The van der Waals surface area contributed by atoms with Gasteiger partial charge in [-0.1, -0.05) is 0 Å². The van der Waals surface area contributed by atoms with Gasteiger partial charge in [-0.2, -0.15) is 4.98 Å². The smallest absolute Gasteiger partial charge is 0.387 e. The van der Waals surface area contributed by atoms with Crippen LogP contribution in [0.5, 0.6) is 0 Å². The first-order chi connectivity index (χ1) is 12.5. The van der Waals surface area contributed by atoms with Crippen molar-refractivity contribution in [2.45, 2.75) is 31.5 Å². The summed E-state index contributed by atoms with van der Waals surface area (Å²) in [6.45, 7) is 0.538. The van der Waals surface area contributed by atoms with E-state index in [0.29, 0.717) is 0 Å². The lowest BCUT2D eigenvalue weighted by atomic mass is 10.1. The predicted octanol–water partition coefficient (Wildman–Crippen LogP) is -1.74. The monoisotopic (exact) mass is 407 g/mol. The summed E-state index contributed by atoms with van der Waals surface area (Å²) in [6.07, 6.45) is -5.04. The van der Waals surface area contributed by atoms with E-state index >= 15 is 0 Å². The average molecular weight is 407 g/mol. The number of phosphoric ester groups is 1. The molecule has 0 spiro atoms. The molecule has 1 unspecified atom stereocenters. The molecular weight excluding hydrogens is 392 g/mol. The van der Waals surface area contributed by atoms with E-state index in [4.69, 9.17) is 14.5 Å². The number of ether oxygens (including phenoxy) is 1. The van der Waals surface area contributed by atoms with Crippen LogP contribution in [0.1, 0.15) is 11.8 Å². The molecule has 0 aliphatic carbocycles. The molecule has 1 fully saturated rings. The molecule has 1 aliphatic heterocycles. The highest BCUT2D eigenvalue weighted by atomic mass is 31.2. The standard InChI is InChI=1S/C13H15FN3O9P/c1-4-5-2-17(13(21)16-10(5)15-11(20)7(4)14)12-9(19)8(18)6(26-12)3-25-27(22,23)24/h2,6,8-9,12,18-19H,3H2,1H3,(H2,22,23,24)(H,15,16,20,21)/t6-,8?,9+,12-/m1/s1. The van der Waals surface area contributed by atoms with Crippen LogP contribution in [0.2, 0.25) is 0 Å². The first kappa shape index (κ1) is 19.8. The van der Waals surface area contributed by atoms with Crippen molar-refractivity contribution >= 4 is 18.9 Å². The Morgan fingerprint density at radius 1 is 1.37 bits per heavy atom. The Morgan fingerprint density at radius 2 is 2.04 bits per heavy atom. The molecule has 1 saturated heterocycles. The normalized spacial score (nSPS) is 26.0. The summed E-state index contributed by atoms with van der Waals surface area (Å²) in [5.74, 6) is -1.07. The minimum Gasteiger partial charge on any atom is -0.387 e. The Hall–Kier alpha value is -1.99. The number of nitrogens with zero attached hydrogens (tertiary/aromatic N) is 2. The number of phosphoric acid groups is 1. The number of hydrogen-bond acceptors (Lipinski definition) is 8. The number of fused-ring (bicyclic) bond motifs is 1. The van der Waals surface area contributed by atoms with E-state index in [1.165, 1.54) is 6.92 Å². The number of hydrogen-bond donors (Lipinski definition) is 5. The quantitative estimate of drug-likeness (QED) is 0.365. The van der Waals surface area contributed by atoms with E-state index in [0.717, 1.165) is 10.8 Å². The van der Waals surface area contributed by atoms with Gasteiger partial charge in [0.1, 0.15) is 24.0 Å². The van der Waals surface area contributed by atoms with Crippen molar-refractivity contribution in [1.29, 1.82) is 0 Å². The molecule has 3 heterocycles. The third kappa shape index (κ3) is 3.71. The van der Waals surface area contributed by atoms with Crippen LogP contribution in [0.25, 0.3) is 11.0 Å². The second-order valence-electron chi connectivity index (χ2n) is 5.92. The van der Waals surface area contributed by atoms with Gasteiger partial charge in [0.25, 0.3) is 5.56 Å². The molecule has 0 bridgehead atoms. The zero-order valence-corrected chi connectivity index (χ0v) is 14.5. The van der Waals surface area contributed by atoms with Crippen LogP contribution >= 0.6 is 7.82 Å². The fourth-order valence-corrected chi connectivity index (χ4v) is 3.08. The van der Waals surface area contributed by atoms with Gasteiger partial charge in [-0.15, -0.1) is 0 Å². The molecule has 4 atom stereocenters. The summed E-state index contributed by atoms with van der Waals surface area (Å²) in [6, 6.07) is 0. The molecule has 2 aromatic heterocycles. The van der Waals surface area contributed by atoms with Crippen LogP contribution in [0.15, 0.2) is 15.8 Å². The Morgan fingerprint density at radius 3 is 2.67 bits per heavy atom. The van der Waals surface area contributed by atoms with Gasteiger partial charge in [-0.05, 0) is 6.92 Å². The van der Waals surface area contributed by atoms with Gasteiger partial charge < -0.3 is 29.7 Å². The zero-order valence-electron chi connectivity index (χ0n) is 13.6. The maximum atomic E-state index is 13.8. The van der Waals surface area contributed by atoms with Crippen molar-refractivity contribution < 1.29 is 38.2 Å². The highest BCUT2D eigenvalue weighted by molar-refractivity contribution is 7.46. The Kier molecular flexibility index (Phi) is 5.03. The van der Waals surface area contributed by atoms with Gasteiger partial charge in [0.15, 0.2) is 12.0 Å². The second-order valence-corrected chi connectivity index (χ2v) is 7.16. The average Bonchev–Trinajstić information content (AvgIpc) is 2.85. The molecule has 14 heteroatoms. The van der Waals surface area contributed by atoms with Gasteiger partial charge in [-0.3, -0.25) is 13.9 Å². The van der Waals surface area contributed by atoms with Gasteiger partial charge in [0, 0.05) is 17.1 Å². The maximum Gasteiger partial charge on any atom is 0.469 e. The van der Waals surface area contributed by atoms with Crippen molar-refractivity contribution in [3.8, 4) is 0 Å². The lowest BCUT2D eigenvalue weighted by molar-refractivity contribution is -0.0540. The van der Waals surface area contributed by atoms with Gasteiger partial charge in [0.05, 0.1) is 6.61 Å². The molecule has 5 N–H and O–H groups in total. The second kappa shape index (κ2) is 6.87. The molecule has 0 saturated carbocycles. The van der Waals surface area contributed by atoms with Gasteiger partial charge >= 0.3 is 13.5 Å². The number of aromatic amines is 1. The number of rotatable bonds is 4. The first-order valence-electron chi connectivity index (χ1n) is 7.52. The molecular formula is C13H15FN3O9P. The highest BCUT2D eigenvalue weighted by Gasteiger charge is 2.45. The summed E-state index contributed by atoms with van der Waals surface area (Å²) in [5.41, 5.74) is -2.29. The Labute approximate surface area is 149 Å². The number of aryl methyl sites for hydroxylation is 1. The van der Waals surface area contributed by atoms with E-state index in [1.54, 1.807) is 0 Å². The zero-order chi connectivity index (χ0) is 20.1. The topological polar surface area (TPSA) is 184 Å². The van der Waals surface area contributed by atoms with E-state index in [9.17, 15) is 28.8 Å². The Balaban J connectivity index is 1.99. The molecule has 27 heavy (non-hydrogen) atoms. The molecule has 0 radical (unpaired) electrons. The van der Waals surface area contributed by atoms with Crippen LogP contribution in [-0.4, -0.2) is 59.5 Å². The molecule has 3 rings (SSSR count). The van der Waals surface area contributed by atoms with E-state index in [-0.39, 0.29) is 16.6 Å². The summed E-state index contributed by atoms with van der Waals surface area (Å²) < 4.78 is 34.9. The number of aromatic nitrogens is 3. The fraction of sp³-hybridized carbons (Fsp3) is 0.462. The summed E-state index contributed by atoms with van der Waals surface area (Å²) >= 11 is 0. The number of aliphatic hydroxyl groups excluding tert-OH is 2. The lowest BCUT2D eigenvalue weighted by Crippen LogP contribution is -2.36. The molecule has 1 aliphatic rings. The van der Waals surface area contributed by atoms with E-state index in [2.05, 4.69) is 14.5 Å². The minimum atomic E-state index is -4.84. The highest BCUT2D eigenvalue weighted by Crippen LogP contribution is 2.38. The van der Waals surface area contributed by atoms with Crippen LogP contribution in [0, 0.1) is 12.7 Å². The number of H-pyrrole nitrogens is 1. The van der Waals surface area contributed by atoms with Crippen molar-refractivity contribution in [1.82, 2.24) is 14.5 Å². The van der Waals surface area contributed by atoms with Crippen LogP contribution in [0.4, 0.5) is 4.39 Å². The molecule has 0 amide bonds. The molecule has 12 nitrogen and oxygen atoms in total. The number of nitrogens with one attached hydrogen (secondary N) is 1. The lowest BCUT2D eigenvalue weighted by Gasteiger charge is -2.18. The van der Waals surface area contributed by atoms with Crippen molar-refractivity contribution in [2.75, 3.05) is 6.61 Å². The predicted molar refractivity (Wildman–Crippen MR) is 85.2 cm³/mol. The first-order valence-corrected chi connectivity index (χ1v) is 9.05. The largest absolute Gasteiger partial charge is 0.469 e. The minimum absolute atomic E-state index is 0.0620. The molecule has 2 aromatic rings. The van der Waals surface area contributed by atoms with Crippen molar-refractivity contribution in [2.24, 2.45) is 0 Å². The Bertz CT molecular complexity index is 1050. The summed E-state index contributed by atoms with van der Waals surface area (Å²) in [4.78, 5) is 46.8. The third-order valence-corrected chi connectivity index (χ3v) is 4.62. The SMILES string of the molecule is Cc1c(F)c(=O)[nH]c2nc(=O)n([C@@H]3O[C@H](COP(=O)(O)O)C(O)[C@@H]3O)cc12. The van der Waals surface area contributed by atoms with E-state index in [1.807, 2.05) is 0 Å².